The van der Waals surface area contributed by atoms with Crippen LogP contribution >= 0.6 is 0 Å². The first kappa shape index (κ1) is 19.0. The van der Waals surface area contributed by atoms with Crippen molar-refractivity contribution in [3.63, 3.8) is 0 Å². The Hall–Kier alpha value is -3.35. The largest absolute Gasteiger partial charge is 0.439 e. The lowest BCUT2D eigenvalue weighted by Crippen LogP contribution is -2.37. The van der Waals surface area contributed by atoms with Crippen molar-refractivity contribution in [2.75, 3.05) is 13.1 Å². The Morgan fingerprint density at radius 2 is 2.10 bits per heavy atom. The van der Waals surface area contributed by atoms with Gasteiger partial charge in [0.25, 0.3) is 0 Å². The molecule has 0 radical (unpaired) electrons. The van der Waals surface area contributed by atoms with E-state index in [4.69, 9.17) is 9.72 Å². The summed E-state index contributed by atoms with van der Waals surface area (Å²) in [5, 5.41) is 0. The van der Waals surface area contributed by atoms with Crippen molar-refractivity contribution in [2.45, 2.75) is 25.7 Å². The molecule has 1 fully saturated rings. The van der Waals surface area contributed by atoms with E-state index in [0.29, 0.717) is 24.0 Å². The highest BCUT2D eigenvalue weighted by Gasteiger charge is 2.25. The first-order chi connectivity index (χ1) is 14.1. The zero-order valence-corrected chi connectivity index (χ0v) is 16.1. The number of nitrogens with zero attached hydrogens (tertiary/aromatic N) is 4. The second-order valence-electron chi connectivity index (χ2n) is 7.06. The first-order valence-electron chi connectivity index (χ1n) is 9.57. The van der Waals surface area contributed by atoms with Crippen LogP contribution in [0.2, 0.25) is 0 Å². The van der Waals surface area contributed by atoms with E-state index in [1.807, 2.05) is 17.0 Å². The number of likely N-dealkylation sites (tertiary alicyclic amines) is 1. The van der Waals surface area contributed by atoms with Crippen molar-refractivity contribution in [3.05, 3.63) is 66.4 Å². The fourth-order valence-corrected chi connectivity index (χ4v) is 3.48. The van der Waals surface area contributed by atoms with Crippen molar-refractivity contribution in [2.24, 2.45) is 0 Å². The summed E-state index contributed by atoms with van der Waals surface area (Å²) in [6.07, 6.45) is 5.21. The standard InChI is InChI=1S/C22H21FN4O2/c1-15(28)27-10-4-6-17(14-27)20-12-21(29-19-8-2-7-18(23)11-19)26-22(25-20)16-5-3-9-24-13-16/h2-3,5,7-9,11-13,17H,4,6,10,14H2,1H3. The van der Waals surface area contributed by atoms with Crippen molar-refractivity contribution in [3.8, 4) is 23.0 Å². The average molecular weight is 392 g/mol. The Balaban J connectivity index is 1.71. The maximum Gasteiger partial charge on any atom is 0.223 e. The molecule has 148 valence electrons. The number of halogens is 1. The van der Waals surface area contributed by atoms with E-state index < -0.39 is 0 Å². The van der Waals surface area contributed by atoms with Crippen molar-refractivity contribution in [1.82, 2.24) is 19.9 Å². The zero-order valence-electron chi connectivity index (χ0n) is 16.1. The molecule has 1 atom stereocenters. The third-order valence-corrected chi connectivity index (χ3v) is 4.95. The summed E-state index contributed by atoms with van der Waals surface area (Å²) in [5.74, 6) is 0.948. The van der Waals surface area contributed by atoms with Gasteiger partial charge in [0.15, 0.2) is 5.82 Å². The van der Waals surface area contributed by atoms with E-state index in [0.717, 1.165) is 30.6 Å². The Morgan fingerprint density at radius 1 is 1.21 bits per heavy atom. The number of piperidine rings is 1. The lowest BCUT2D eigenvalue weighted by Gasteiger charge is -2.31. The van der Waals surface area contributed by atoms with Crippen LogP contribution in [0.3, 0.4) is 0 Å². The van der Waals surface area contributed by atoms with Crippen molar-refractivity contribution < 1.29 is 13.9 Å². The van der Waals surface area contributed by atoms with E-state index in [-0.39, 0.29) is 17.6 Å². The summed E-state index contributed by atoms with van der Waals surface area (Å²) in [4.78, 5) is 27.0. The molecule has 6 nitrogen and oxygen atoms in total. The quantitative estimate of drug-likeness (QED) is 0.666. The van der Waals surface area contributed by atoms with Crippen LogP contribution in [0.4, 0.5) is 4.39 Å². The van der Waals surface area contributed by atoms with Crippen LogP contribution in [0.5, 0.6) is 11.6 Å². The predicted molar refractivity (Wildman–Crippen MR) is 106 cm³/mol. The smallest absolute Gasteiger partial charge is 0.223 e. The molecule has 0 spiro atoms. The van der Waals surface area contributed by atoms with Crippen LogP contribution in [0.25, 0.3) is 11.4 Å². The van der Waals surface area contributed by atoms with Crippen LogP contribution in [-0.2, 0) is 4.79 Å². The molecule has 1 aliphatic rings. The SMILES string of the molecule is CC(=O)N1CCCC(c2cc(Oc3cccc(F)c3)nc(-c3cccnc3)n2)C1. The second kappa shape index (κ2) is 8.34. The number of carbonyl (C=O) groups excluding carboxylic acids is 1. The topological polar surface area (TPSA) is 68.2 Å². The highest BCUT2D eigenvalue weighted by Crippen LogP contribution is 2.31. The fraction of sp³-hybridized carbons (Fsp3) is 0.273. The number of aromatic nitrogens is 3. The van der Waals surface area contributed by atoms with Crippen LogP contribution in [0, 0.1) is 5.82 Å². The molecule has 1 saturated heterocycles. The molecule has 0 N–H and O–H groups in total. The van der Waals surface area contributed by atoms with Gasteiger partial charge < -0.3 is 9.64 Å². The number of benzene rings is 1. The normalized spacial score (nSPS) is 16.5. The van der Waals surface area contributed by atoms with Crippen LogP contribution < -0.4 is 4.74 Å². The second-order valence-corrected chi connectivity index (χ2v) is 7.06. The minimum atomic E-state index is -0.381. The van der Waals surface area contributed by atoms with E-state index in [1.165, 1.54) is 12.1 Å². The molecule has 2 aromatic heterocycles. The van der Waals surface area contributed by atoms with E-state index in [1.54, 1.807) is 37.5 Å². The molecule has 0 aliphatic carbocycles. The lowest BCUT2D eigenvalue weighted by molar-refractivity contribution is -0.130. The molecule has 0 bridgehead atoms. The number of carbonyl (C=O) groups is 1. The van der Waals surface area contributed by atoms with Gasteiger partial charge >= 0.3 is 0 Å². The predicted octanol–water partition coefficient (Wildman–Crippen LogP) is 4.20. The molecule has 29 heavy (non-hydrogen) atoms. The number of pyridine rings is 1. The summed E-state index contributed by atoms with van der Waals surface area (Å²) >= 11 is 0. The van der Waals surface area contributed by atoms with Gasteiger partial charge in [0.05, 0.1) is 5.69 Å². The van der Waals surface area contributed by atoms with Gasteiger partial charge in [0.2, 0.25) is 11.8 Å². The highest BCUT2D eigenvalue weighted by molar-refractivity contribution is 5.73. The number of hydrogen-bond acceptors (Lipinski definition) is 5. The Morgan fingerprint density at radius 3 is 2.86 bits per heavy atom. The molecule has 1 amide bonds. The molecule has 3 heterocycles. The van der Waals surface area contributed by atoms with Gasteiger partial charge in [-0.1, -0.05) is 6.07 Å². The van der Waals surface area contributed by atoms with Crippen molar-refractivity contribution >= 4 is 5.91 Å². The summed E-state index contributed by atoms with van der Waals surface area (Å²) in [7, 11) is 0. The monoisotopic (exact) mass is 392 g/mol. The molecule has 1 unspecified atom stereocenters. The minimum absolute atomic E-state index is 0.0625. The molecular weight excluding hydrogens is 371 g/mol. The molecule has 1 aliphatic heterocycles. The van der Waals surface area contributed by atoms with Gasteiger partial charge in [-0.05, 0) is 37.1 Å². The molecule has 0 saturated carbocycles. The summed E-state index contributed by atoms with van der Waals surface area (Å²) in [6.45, 7) is 2.96. The third kappa shape index (κ3) is 4.56. The minimum Gasteiger partial charge on any atom is -0.439 e. The van der Waals surface area contributed by atoms with Crippen LogP contribution in [0.1, 0.15) is 31.4 Å². The summed E-state index contributed by atoms with van der Waals surface area (Å²) in [6, 6.07) is 11.4. The number of amides is 1. The molecule has 1 aromatic carbocycles. The summed E-state index contributed by atoms with van der Waals surface area (Å²) < 4.78 is 19.4. The zero-order chi connectivity index (χ0) is 20.2. The molecule has 4 rings (SSSR count). The van der Waals surface area contributed by atoms with E-state index in [9.17, 15) is 9.18 Å². The lowest BCUT2D eigenvalue weighted by atomic mass is 9.94. The summed E-state index contributed by atoms with van der Waals surface area (Å²) in [5.41, 5.74) is 1.56. The fourth-order valence-electron chi connectivity index (χ4n) is 3.48. The van der Waals surface area contributed by atoms with E-state index in [2.05, 4.69) is 9.97 Å². The maximum absolute atomic E-state index is 13.5. The van der Waals surface area contributed by atoms with Gasteiger partial charge in [-0.25, -0.2) is 9.37 Å². The molecule has 3 aromatic rings. The van der Waals surface area contributed by atoms with E-state index >= 15 is 0 Å². The molecule has 7 heteroatoms. The van der Waals surface area contributed by atoms with Gasteiger partial charge in [0, 0.05) is 56.0 Å². The Bertz CT molecular complexity index is 1010. The first-order valence-corrected chi connectivity index (χ1v) is 9.57. The molecular formula is C22H21FN4O2. The number of hydrogen-bond donors (Lipinski definition) is 0. The maximum atomic E-state index is 13.5. The number of ether oxygens (including phenoxy) is 1. The number of rotatable bonds is 4. The van der Waals surface area contributed by atoms with Crippen LogP contribution in [0.15, 0.2) is 54.9 Å². The van der Waals surface area contributed by atoms with Crippen molar-refractivity contribution in [1.29, 1.82) is 0 Å². The average Bonchev–Trinajstić information content (AvgIpc) is 2.74. The highest BCUT2D eigenvalue weighted by atomic mass is 19.1. The van der Waals surface area contributed by atoms with Gasteiger partial charge in [-0.3, -0.25) is 9.78 Å². The van der Waals surface area contributed by atoms with Gasteiger partial charge in [-0.2, -0.15) is 4.98 Å². The van der Waals surface area contributed by atoms with Crippen LogP contribution in [-0.4, -0.2) is 38.8 Å². The Labute approximate surface area is 168 Å². The Kier molecular flexibility index (Phi) is 5.46. The van der Waals surface area contributed by atoms with Gasteiger partial charge in [-0.15, -0.1) is 0 Å². The van der Waals surface area contributed by atoms with Gasteiger partial charge in [0.1, 0.15) is 11.6 Å². The third-order valence-electron chi connectivity index (χ3n) is 4.95.